The maximum atomic E-state index is 11.9. The molecule has 0 unspecified atom stereocenters. The lowest BCUT2D eigenvalue weighted by atomic mass is 10.1. The molecule has 0 spiro atoms. The van der Waals surface area contributed by atoms with E-state index in [0.29, 0.717) is 29.9 Å². The first-order valence-electron chi connectivity index (χ1n) is 8.56. The third-order valence-corrected chi connectivity index (χ3v) is 4.30. The summed E-state index contributed by atoms with van der Waals surface area (Å²) in [6.07, 6.45) is 8.34. The number of nitrogens with two attached hydrogens (primary N) is 1. The molecule has 6 heteroatoms. The lowest BCUT2D eigenvalue weighted by Gasteiger charge is -2.08. The average molecular weight is 420 g/mol. The van der Waals surface area contributed by atoms with Gasteiger partial charge >= 0.3 is 0 Å². The molecule has 0 aliphatic carbocycles. The van der Waals surface area contributed by atoms with E-state index >= 15 is 0 Å². The molecule has 0 aliphatic heterocycles. The number of allylic oxidation sites excluding steroid dienone is 4. The Kier molecular flexibility index (Phi) is 10.1. The number of unbranched alkanes of at least 4 members (excludes halogenated alkanes) is 2. The number of benzene rings is 1. The van der Waals surface area contributed by atoms with E-state index in [1.807, 2.05) is 25.1 Å². The van der Waals surface area contributed by atoms with E-state index < -0.39 is 0 Å². The lowest BCUT2D eigenvalue weighted by Crippen LogP contribution is -2.21. The molecule has 0 saturated carbocycles. The van der Waals surface area contributed by atoms with Gasteiger partial charge < -0.3 is 16.4 Å². The minimum absolute atomic E-state index is 0.0611. The first-order chi connectivity index (χ1) is 12.5. The Bertz CT molecular complexity index is 696. The van der Waals surface area contributed by atoms with Gasteiger partial charge in [0.05, 0.1) is 11.4 Å². The van der Waals surface area contributed by atoms with Crippen molar-refractivity contribution < 1.29 is 9.59 Å². The van der Waals surface area contributed by atoms with E-state index in [2.05, 4.69) is 33.1 Å². The van der Waals surface area contributed by atoms with Gasteiger partial charge in [-0.1, -0.05) is 47.1 Å². The molecule has 1 aromatic carbocycles. The summed E-state index contributed by atoms with van der Waals surface area (Å²) in [7, 11) is 0. The fourth-order valence-electron chi connectivity index (χ4n) is 2.17. The van der Waals surface area contributed by atoms with Gasteiger partial charge in [0.15, 0.2) is 0 Å². The number of para-hydroxylation sites is 2. The van der Waals surface area contributed by atoms with Crippen LogP contribution in [-0.4, -0.2) is 11.8 Å². The minimum Gasteiger partial charge on any atom is -0.397 e. The van der Waals surface area contributed by atoms with Gasteiger partial charge in [0.25, 0.3) is 0 Å². The molecule has 5 nitrogen and oxygen atoms in total. The van der Waals surface area contributed by atoms with Gasteiger partial charge in [-0.15, -0.1) is 0 Å². The Morgan fingerprint density at radius 3 is 2.42 bits per heavy atom. The van der Waals surface area contributed by atoms with E-state index in [1.54, 1.807) is 24.3 Å². The molecular formula is C20H26BrN3O2. The van der Waals surface area contributed by atoms with Crippen molar-refractivity contribution >= 4 is 39.1 Å². The molecule has 0 aromatic heterocycles. The first-order valence-corrected chi connectivity index (χ1v) is 9.35. The molecule has 0 saturated heterocycles. The van der Waals surface area contributed by atoms with Crippen molar-refractivity contribution in [3.63, 3.8) is 0 Å². The largest absolute Gasteiger partial charge is 0.397 e. The van der Waals surface area contributed by atoms with Crippen LogP contribution in [0.3, 0.4) is 0 Å². The molecule has 1 aromatic rings. The van der Waals surface area contributed by atoms with E-state index in [4.69, 9.17) is 5.73 Å². The van der Waals surface area contributed by atoms with Crippen molar-refractivity contribution in [2.45, 2.75) is 39.0 Å². The fourth-order valence-corrected chi connectivity index (χ4v) is 2.42. The first kappa shape index (κ1) is 21.7. The highest BCUT2D eigenvalue weighted by molar-refractivity contribution is 9.11. The molecule has 0 bridgehead atoms. The van der Waals surface area contributed by atoms with E-state index in [0.717, 1.165) is 23.7 Å². The average Bonchev–Trinajstić information content (AvgIpc) is 2.62. The maximum absolute atomic E-state index is 11.9. The van der Waals surface area contributed by atoms with Crippen LogP contribution in [0.1, 0.15) is 39.0 Å². The number of hydrogen-bond donors (Lipinski definition) is 3. The molecule has 1 rings (SSSR count). The van der Waals surface area contributed by atoms with Gasteiger partial charge in [-0.05, 0) is 44.1 Å². The number of halogens is 1. The van der Waals surface area contributed by atoms with Crippen LogP contribution in [0.15, 0.2) is 59.3 Å². The van der Waals surface area contributed by atoms with E-state index in [-0.39, 0.29) is 11.8 Å². The van der Waals surface area contributed by atoms with Crippen LogP contribution < -0.4 is 16.4 Å². The van der Waals surface area contributed by atoms with Crippen LogP contribution in [0.4, 0.5) is 11.4 Å². The summed E-state index contributed by atoms with van der Waals surface area (Å²) in [6.45, 7) is 5.58. The molecule has 0 atom stereocenters. The summed E-state index contributed by atoms with van der Waals surface area (Å²) in [4.78, 5) is 23.8. The lowest BCUT2D eigenvalue weighted by molar-refractivity contribution is -0.120. The number of anilines is 2. The van der Waals surface area contributed by atoms with Gasteiger partial charge in [0.1, 0.15) is 0 Å². The summed E-state index contributed by atoms with van der Waals surface area (Å²) in [5, 5.41) is 5.61. The quantitative estimate of drug-likeness (QED) is 0.293. The summed E-state index contributed by atoms with van der Waals surface area (Å²) in [5.41, 5.74) is 7.63. The van der Waals surface area contributed by atoms with Crippen LogP contribution in [-0.2, 0) is 9.59 Å². The zero-order chi connectivity index (χ0) is 19.4. The Morgan fingerprint density at radius 2 is 1.81 bits per heavy atom. The summed E-state index contributed by atoms with van der Waals surface area (Å²) in [6, 6.07) is 7.16. The summed E-state index contributed by atoms with van der Waals surface area (Å²) in [5.74, 6) is -0.130. The van der Waals surface area contributed by atoms with Crippen molar-refractivity contribution in [1.29, 1.82) is 0 Å². The second-order valence-electron chi connectivity index (χ2n) is 5.72. The highest BCUT2D eigenvalue weighted by Gasteiger charge is 2.06. The molecule has 140 valence electrons. The topological polar surface area (TPSA) is 84.2 Å². The van der Waals surface area contributed by atoms with E-state index in [9.17, 15) is 9.59 Å². The molecular weight excluding hydrogens is 394 g/mol. The minimum atomic E-state index is -0.0690. The molecule has 0 fully saturated rings. The Morgan fingerprint density at radius 1 is 1.15 bits per heavy atom. The molecule has 2 amide bonds. The monoisotopic (exact) mass is 419 g/mol. The third-order valence-electron chi connectivity index (χ3n) is 3.62. The fraction of sp³-hybridized carbons (Fsp3) is 0.300. The van der Waals surface area contributed by atoms with Gasteiger partial charge in [0, 0.05) is 23.0 Å². The van der Waals surface area contributed by atoms with Gasteiger partial charge in [-0.3, -0.25) is 9.59 Å². The second kappa shape index (κ2) is 12.1. The molecule has 0 radical (unpaired) electrons. The Balaban J connectivity index is 2.24. The normalized spacial score (nSPS) is 11.8. The SMILES string of the molecule is C=C/C(=C\C(Br)=C/C)NC(=O)CCCCCC(=O)Nc1ccccc1N. The van der Waals surface area contributed by atoms with E-state index in [1.165, 1.54) is 0 Å². The van der Waals surface area contributed by atoms with Gasteiger partial charge in [-0.25, -0.2) is 0 Å². The molecule has 26 heavy (non-hydrogen) atoms. The van der Waals surface area contributed by atoms with Gasteiger partial charge in [-0.2, -0.15) is 0 Å². The molecule has 0 heterocycles. The standard InChI is InChI=1S/C20H26BrN3O2/c1-3-15(21)14-16(4-2)23-19(25)12-6-5-7-13-20(26)24-18-11-9-8-10-17(18)22/h3-4,8-11,14H,2,5-7,12-13,22H2,1H3,(H,23,25)(H,24,26)/b15-3+,16-14+. The Hall–Kier alpha value is -2.34. The zero-order valence-corrected chi connectivity index (χ0v) is 16.6. The third kappa shape index (κ3) is 8.67. The highest BCUT2D eigenvalue weighted by Crippen LogP contribution is 2.17. The zero-order valence-electron chi connectivity index (χ0n) is 15.1. The van der Waals surface area contributed by atoms with Crippen molar-refractivity contribution in [1.82, 2.24) is 5.32 Å². The molecule has 0 aliphatic rings. The number of nitrogen functional groups attached to an aromatic ring is 1. The highest BCUT2D eigenvalue weighted by atomic mass is 79.9. The predicted molar refractivity (Wildman–Crippen MR) is 112 cm³/mol. The number of nitrogens with one attached hydrogen (secondary N) is 2. The van der Waals surface area contributed by atoms with Gasteiger partial charge in [0.2, 0.25) is 11.8 Å². The van der Waals surface area contributed by atoms with Crippen molar-refractivity contribution in [2.24, 2.45) is 0 Å². The van der Waals surface area contributed by atoms with Crippen LogP contribution in [0.25, 0.3) is 0 Å². The van der Waals surface area contributed by atoms with Crippen LogP contribution >= 0.6 is 15.9 Å². The van der Waals surface area contributed by atoms with Crippen LogP contribution in [0.2, 0.25) is 0 Å². The molecule has 4 N–H and O–H groups in total. The van der Waals surface area contributed by atoms with Crippen molar-refractivity contribution in [3.05, 3.63) is 59.3 Å². The summed E-state index contributed by atoms with van der Waals surface area (Å²) >= 11 is 3.36. The number of rotatable bonds is 10. The van der Waals surface area contributed by atoms with Crippen molar-refractivity contribution in [3.8, 4) is 0 Å². The number of hydrogen-bond acceptors (Lipinski definition) is 3. The number of amides is 2. The predicted octanol–water partition coefficient (Wildman–Crippen LogP) is 4.64. The number of carbonyl (C=O) groups is 2. The van der Waals surface area contributed by atoms with Crippen LogP contribution in [0.5, 0.6) is 0 Å². The maximum Gasteiger partial charge on any atom is 0.224 e. The van der Waals surface area contributed by atoms with Crippen LogP contribution in [0, 0.1) is 0 Å². The van der Waals surface area contributed by atoms with Crippen molar-refractivity contribution in [2.75, 3.05) is 11.1 Å². The Labute approximate surface area is 163 Å². The number of carbonyl (C=O) groups excluding carboxylic acids is 2. The smallest absolute Gasteiger partial charge is 0.224 e. The summed E-state index contributed by atoms with van der Waals surface area (Å²) < 4.78 is 0.873. The second-order valence-corrected chi connectivity index (χ2v) is 6.64.